The first-order valence-corrected chi connectivity index (χ1v) is 15.1. The fraction of sp³-hybridized carbons (Fsp3) is 0. The molecule has 7 rings (SSSR count). The number of carbonyl (C=O) groups is 4. The number of aliphatic imine (C=N–C) groups is 1. The van der Waals surface area contributed by atoms with E-state index < -0.39 is 5.97 Å². The van der Waals surface area contributed by atoms with Gasteiger partial charge in [-0.05, 0) is 90.3 Å². The summed E-state index contributed by atoms with van der Waals surface area (Å²) in [6, 6.07) is 21.6. The zero-order valence-corrected chi connectivity index (χ0v) is 24.1. The van der Waals surface area contributed by atoms with Crippen LogP contribution in [0.5, 0.6) is 0 Å². The highest BCUT2D eigenvalue weighted by Gasteiger charge is 2.36. The van der Waals surface area contributed by atoms with Gasteiger partial charge in [-0.3, -0.25) is 14.4 Å². The minimum atomic E-state index is -1.03. The Hall–Kier alpha value is -4.98. The van der Waals surface area contributed by atoms with Crippen LogP contribution < -0.4 is 10.2 Å². The number of carboxylic acids is 1. The molecule has 5 aromatic rings. The van der Waals surface area contributed by atoms with Crippen molar-refractivity contribution in [3.05, 3.63) is 106 Å². The number of aromatic nitrogens is 1. The van der Waals surface area contributed by atoms with Crippen LogP contribution in [0.4, 0.5) is 11.4 Å². The number of hydrogen-bond donors (Lipinski definition) is 2. The van der Waals surface area contributed by atoms with Gasteiger partial charge in [0.15, 0.2) is 14.6 Å². The SMILES string of the molecule is O=C1NC(=Nc2ccc(C(=O)O)cc2)S/C1=C\c1ccc(Sc2nc3ccc(N4C(=O)c5ccccc5C4=O)cc3s2)o1. The molecule has 0 unspecified atom stereocenters. The molecule has 0 saturated carbocycles. The van der Waals surface area contributed by atoms with Crippen LogP contribution in [0.1, 0.15) is 36.8 Å². The van der Waals surface area contributed by atoms with E-state index >= 15 is 0 Å². The average molecular weight is 625 g/mol. The van der Waals surface area contributed by atoms with Gasteiger partial charge in [0, 0.05) is 6.08 Å². The fourth-order valence-electron chi connectivity index (χ4n) is 4.46. The van der Waals surface area contributed by atoms with Gasteiger partial charge in [-0.2, -0.15) is 0 Å². The Morgan fingerprint density at radius 2 is 1.72 bits per heavy atom. The Labute approximate surface area is 255 Å². The van der Waals surface area contributed by atoms with Crippen molar-refractivity contribution in [2.45, 2.75) is 9.43 Å². The molecule has 1 fully saturated rings. The third-order valence-electron chi connectivity index (χ3n) is 6.46. The van der Waals surface area contributed by atoms with Crippen LogP contribution in [-0.4, -0.2) is 38.9 Å². The molecule has 0 bridgehead atoms. The predicted octanol–water partition coefficient (Wildman–Crippen LogP) is 6.43. The minimum absolute atomic E-state index is 0.149. The molecule has 2 aliphatic heterocycles. The minimum Gasteiger partial charge on any atom is -0.478 e. The molecule has 2 N–H and O–H groups in total. The molecular weight excluding hydrogens is 609 g/mol. The lowest BCUT2D eigenvalue weighted by molar-refractivity contribution is -0.115. The van der Waals surface area contributed by atoms with Gasteiger partial charge in [-0.15, -0.1) is 11.3 Å². The van der Waals surface area contributed by atoms with Crippen molar-refractivity contribution in [1.82, 2.24) is 10.3 Å². The summed E-state index contributed by atoms with van der Waals surface area (Å²) in [4.78, 5) is 59.9. The molecule has 4 heterocycles. The van der Waals surface area contributed by atoms with Crippen LogP contribution in [0.3, 0.4) is 0 Å². The number of carboxylic acid groups (broad SMARTS) is 1. The summed E-state index contributed by atoms with van der Waals surface area (Å²) in [7, 11) is 0. The zero-order valence-electron chi connectivity index (χ0n) is 21.6. The van der Waals surface area contributed by atoms with Crippen molar-refractivity contribution >= 4 is 91.4 Å². The first kappa shape index (κ1) is 26.9. The Kier molecular flexibility index (Phi) is 6.69. The number of furan rings is 1. The van der Waals surface area contributed by atoms with E-state index in [1.165, 1.54) is 40.1 Å². The molecule has 13 heteroatoms. The topological polar surface area (TPSA) is 142 Å². The number of thioether (sulfide) groups is 1. The molecular formula is C30H16N4O6S3. The first-order valence-electron chi connectivity index (χ1n) is 12.6. The largest absolute Gasteiger partial charge is 0.478 e. The Bertz CT molecular complexity index is 2030. The van der Waals surface area contributed by atoms with E-state index in [1.807, 2.05) is 0 Å². The van der Waals surface area contributed by atoms with Crippen molar-refractivity contribution < 1.29 is 28.7 Å². The predicted molar refractivity (Wildman–Crippen MR) is 164 cm³/mol. The van der Waals surface area contributed by atoms with E-state index in [0.29, 0.717) is 47.8 Å². The maximum absolute atomic E-state index is 12.9. The van der Waals surface area contributed by atoms with Crippen LogP contribution in [0, 0.1) is 0 Å². The average Bonchev–Trinajstić information content (AvgIpc) is 3.75. The van der Waals surface area contributed by atoms with Crippen molar-refractivity contribution in [2.75, 3.05) is 4.90 Å². The maximum atomic E-state index is 12.9. The lowest BCUT2D eigenvalue weighted by atomic mass is 10.1. The Morgan fingerprint density at radius 1 is 0.977 bits per heavy atom. The van der Waals surface area contributed by atoms with Crippen LogP contribution >= 0.6 is 34.9 Å². The van der Waals surface area contributed by atoms with Gasteiger partial charge in [0.05, 0.1) is 43.2 Å². The summed E-state index contributed by atoms with van der Waals surface area (Å²) in [6.45, 7) is 0. The number of amides is 3. The molecule has 2 aliphatic rings. The number of imide groups is 1. The van der Waals surface area contributed by atoms with Gasteiger partial charge >= 0.3 is 5.97 Å². The van der Waals surface area contributed by atoms with E-state index in [2.05, 4.69) is 15.3 Å². The van der Waals surface area contributed by atoms with E-state index in [0.717, 1.165) is 22.0 Å². The molecule has 10 nitrogen and oxygen atoms in total. The second-order valence-corrected chi connectivity index (χ2v) is 12.5. The molecule has 210 valence electrons. The molecule has 0 atom stereocenters. The van der Waals surface area contributed by atoms with Crippen molar-refractivity contribution in [2.24, 2.45) is 4.99 Å². The first-order chi connectivity index (χ1) is 20.8. The summed E-state index contributed by atoms with van der Waals surface area (Å²) in [5.41, 5.74) is 2.65. The highest BCUT2D eigenvalue weighted by molar-refractivity contribution is 8.18. The number of benzene rings is 3. The lowest BCUT2D eigenvalue weighted by Crippen LogP contribution is -2.29. The molecule has 0 aliphatic carbocycles. The molecule has 43 heavy (non-hydrogen) atoms. The third-order valence-corrected chi connectivity index (χ3v) is 9.37. The van der Waals surface area contributed by atoms with Gasteiger partial charge in [-0.1, -0.05) is 12.1 Å². The lowest BCUT2D eigenvalue weighted by Gasteiger charge is -2.13. The second kappa shape index (κ2) is 10.7. The highest BCUT2D eigenvalue weighted by Crippen LogP contribution is 2.38. The highest BCUT2D eigenvalue weighted by atomic mass is 32.2. The van der Waals surface area contributed by atoms with E-state index in [1.54, 1.807) is 72.8 Å². The van der Waals surface area contributed by atoms with Crippen molar-refractivity contribution in [3.63, 3.8) is 0 Å². The number of nitrogens with zero attached hydrogens (tertiary/aromatic N) is 3. The monoisotopic (exact) mass is 624 g/mol. The van der Waals surface area contributed by atoms with Crippen molar-refractivity contribution in [1.29, 1.82) is 0 Å². The maximum Gasteiger partial charge on any atom is 0.335 e. The number of hydrogen-bond acceptors (Lipinski definition) is 10. The summed E-state index contributed by atoms with van der Waals surface area (Å²) in [6.07, 6.45) is 1.62. The summed E-state index contributed by atoms with van der Waals surface area (Å²) < 4.78 is 7.44. The standard InChI is InChI=1S/C30H16N4O6S3/c35-25-23(41-29(33-25)31-16-7-5-15(6-8-16)28(38)39)14-18-10-12-24(40-18)43-30-32-21-11-9-17(13-22(21)42-30)34-26(36)19-3-1-2-4-20(19)27(34)37/h1-14H,(H,38,39)(H,31,33,35)/b23-14-. The number of nitrogens with one attached hydrogen (secondary N) is 1. The normalized spacial score (nSPS) is 16.5. The fourth-order valence-corrected chi connectivity index (χ4v) is 7.28. The smallest absolute Gasteiger partial charge is 0.335 e. The van der Waals surface area contributed by atoms with Gasteiger partial charge < -0.3 is 14.8 Å². The third kappa shape index (κ3) is 5.14. The molecule has 0 radical (unpaired) electrons. The van der Waals surface area contributed by atoms with Gasteiger partial charge in [0.1, 0.15) is 5.76 Å². The van der Waals surface area contributed by atoms with Gasteiger partial charge in [-0.25, -0.2) is 19.7 Å². The van der Waals surface area contributed by atoms with Crippen LogP contribution in [0.25, 0.3) is 16.3 Å². The van der Waals surface area contributed by atoms with Crippen molar-refractivity contribution in [3.8, 4) is 0 Å². The number of amidine groups is 1. The van der Waals surface area contributed by atoms with Crippen LogP contribution in [-0.2, 0) is 4.79 Å². The van der Waals surface area contributed by atoms with E-state index in [4.69, 9.17) is 9.52 Å². The van der Waals surface area contributed by atoms with Crippen LogP contribution in [0.15, 0.2) is 103 Å². The number of thiazole rings is 1. The molecule has 0 spiro atoms. The molecule has 2 aromatic heterocycles. The quantitative estimate of drug-likeness (QED) is 0.161. The van der Waals surface area contributed by atoms with E-state index in [9.17, 15) is 19.2 Å². The Balaban J connectivity index is 1.05. The summed E-state index contributed by atoms with van der Waals surface area (Å²) in [5.74, 6) is -1.57. The van der Waals surface area contributed by atoms with Gasteiger partial charge in [0.25, 0.3) is 17.7 Å². The number of aromatic carboxylic acids is 1. The number of anilines is 1. The van der Waals surface area contributed by atoms with Gasteiger partial charge in [0.2, 0.25) is 0 Å². The van der Waals surface area contributed by atoms with Crippen LogP contribution in [0.2, 0.25) is 0 Å². The number of rotatable bonds is 6. The Morgan fingerprint density at radius 3 is 2.44 bits per heavy atom. The number of carbonyl (C=O) groups excluding carboxylic acids is 3. The van der Waals surface area contributed by atoms with E-state index in [-0.39, 0.29) is 23.3 Å². The second-order valence-electron chi connectivity index (χ2n) is 9.22. The summed E-state index contributed by atoms with van der Waals surface area (Å²) in [5, 5.41) is 12.7. The number of fused-ring (bicyclic) bond motifs is 2. The molecule has 3 amide bonds. The summed E-state index contributed by atoms with van der Waals surface area (Å²) >= 11 is 3.87. The molecule has 1 saturated heterocycles. The molecule has 3 aromatic carbocycles. The zero-order chi connectivity index (χ0) is 29.7.